The molecule has 0 aliphatic carbocycles. The van der Waals surface area contributed by atoms with Crippen LogP contribution >= 0.6 is 23.8 Å². The molecule has 27 heavy (non-hydrogen) atoms. The maximum atomic E-state index is 13.0. The van der Waals surface area contributed by atoms with E-state index >= 15 is 0 Å². The standard InChI is InChI=1S/C20H16ClFN2O2S/c1-25-16-7-9-17(10-8-16)26-19-11-2-13(21)12-18(19)24-20(27)23-15-5-3-14(22)4-6-15/h2-12H,1H3,(H2,23,24,27). The summed E-state index contributed by atoms with van der Waals surface area (Å²) in [4.78, 5) is 0. The molecule has 0 amide bonds. The molecule has 0 aliphatic rings. The third kappa shape index (κ3) is 5.32. The van der Waals surface area contributed by atoms with Crippen molar-refractivity contribution >= 4 is 40.3 Å². The Morgan fingerprint density at radius 2 is 1.59 bits per heavy atom. The van der Waals surface area contributed by atoms with E-state index in [-0.39, 0.29) is 5.82 Å². The minimum absolute atomic E-state index is 0.315. The molecular weight excluding hydrogens is 387 g/mol. The largest absolute Gasteiger partial charge is 0.497 e. The van der Waals surface area contributed by atoms with Crippen molar-refractivity contribution in [2.75, 3.05) is 17.7 Å². The van der Waals surface area contributed by atoms with Crippen molar-refractivity contribution in [3.63, 3.8) is 0 Å². The molecule has 0 aromatic heterocycles. The van der Waals surface area contributed by atoms with E-state index in [4.69, 9.17) is 33.3 Å². The minimum Gasteiger partial charge on any atom is -0.497 e. The first kappa shape index (κ1) is 18.9. The molecule has 0 spiro atoms. The van der Waals surface area contributed by atoms with Crippen molar-refractivity contribution in [3.05, 3.63) is 77.6 Å². The lowest BCUT2D eigenvalue weighted by molar-refractivity contribution is 0.413. The van der Waals surface area contributed by atoms with Gasteiger partial charge in [0.1, 0.15) is 17.3 Å². The Morgan fingerprint density at radius 3 is 2.26 bits per heavy atom. The highest BCUT2D eigenvalue weighted by molar-refractivity contribution is 7.80. The van der Waals surface area contributed by atoms with Gasteiger partial charge in [0.15, 0.2) is 10.9 Å². The van der Waals surface area contributed by atoms with Crippen molar-refractivity contribution in [1.29, 1.82) is 0 Å². The number of hydrogen-bond donors (Lipinski definition) is 2. The highest BCUT2D eigenvalue weighted by atomic mass is 35.5. The van der Waals surface area contributed by atoms with Crippen LogP contribution in [0.15, 0.2) is 66.7 Å². The van der Waals surface area contributed by atoms with Crippen molar-refractivity contribution in [2.45, 2.75) is 0 Å². The first-order chi connectivity index (χ1) is 13.0. The molecule has 0 aliphatic heterocycles. The SMILES string of the molecule is COc1ccc(Oc2ccc(Cl)cc2NC(=S)Nc2ccc(F)cc2)cc1. The molecule has 3 aromatic rings. The molecular formula is C20H16ClFN2O2S. The van der Waals surface area contributed by atoms with Crippen LogP contribution in [0.4, 0.5) is 15.8 Å². The van der Waals surface area contributed by atoms with E-state index in [9.17, 15) is 4.39 Å². The van der Waals surface area contributed by atoms with Gasteiger partial charge in [0.2, 0.25) is 0 Å². The van der Waals surface area contributed by atoms with Gasteiger partial charge < -0.3 is 20.1 Å². The third-order valence-electron chi connectivity index (χ3n) is 3.58. The topological polar surface area (TPSA) is 42.5 Å². The van der Waals surface area contributed by atoms with Crippen LogP contribution in [0.2, 0.25) is 5.02 Å². The van der Waals surface area contributed by atoms with E-state index in [1.807, 2.05) is 0 Å². The van der Waals surface area contributed by atoms with Crippen LogP contribution in [0.5, 0.6) is 17.2 Å². The van der Waals surface area contributed by atoms with Gasteiger partial charge in [-0.05, 0) is 78.9 Å². The molecule has 138 valence electrons. The Labute approximate surface area is 166 Å². The zero-order valence-electron chi connectivity index (χ0n) is 14.3. The quantitative estimate of drug-likeness (QED) is 0.505. The highest BCUT2D eigenvalue weighted by Crippen LogP contribution is 2.32. The summed E-state index contributed by atoms with van der Waals surface area (Å²) >= 11 is 11.4. The molecule has 0 bridgehead atoms. The molecule has 0 radical (unpaired) electrons. The molecule has 0 heterocycles. The lowest BCUT2D eigenvalue weighted by Crippen LogP contribution is -2.19. The Bertz CT molecular complexity index is 934. The highest BCUT2D eigenvalue weighted by Gasteiger charge is 2.09. The molecule has 4 nitrogen and oxygen atoms in total. The zero-order chi connectivity index (χ0) is 19.2. The van der Waals surface area contributed by atoms with Crippen LogP contribution in [-0.2, 0) is 0 Å². The fourth-order valence-electron chi connectivity index (χ4n) is 2.28. The first-order valence-electron chi connectivity index (χ1n) is 7.98. The predicted octanol–water partition coefficient (Wildman–Crippen LogP) is 6.09. The number of ether oxygens (including phenoxy) is 2. The van der Waals surface area contributed by atoms with Crippen LogP contribution in [0.25, 0.3) is 0 Å². The second kappa shape index (κ2) is 8.70. The van der Waals surface area contributed by atoms with Crippen molar-refractivity contribution in [3.8, 4) is 17.2 Å². The molecule has 2 N–H and O–H groups in total. The number of benzene rings is 3. The molecule has 0 unspecified atom stereocenters. The van der Waals surface area contributed by atoms with Gasteiger partial charge in [-0.25, -0.2) is 4.39 Å². The summed E-state index contributed by atoms with van der Waals surface area (Å²) < 4.78 is 24.1. The normalized spacial score (nSPS) is 10.2. The maximum Gasteiger partial charge on any atom is 0.175 e. The fourth-order valence-corrected chi connectivity index (χ4v) is 2.68. The van der Waals surface area contributed by atoms with Gasteiger partial charge in [-0.15, -0.1) is 0 Å². The zero-order valence-corrected chi connectivity index (χ0v) is 15.9. The van der Waals surface area contributed by atoms with Crippen molar-refractivity contribution in [1.82, 2.24) is 0 Å². The van der Waals surface area contributed by atoms with Gasteiger partial charge in [-0.1, -0.05) is 11.6 Å². The average Bonchev–Trinajstić information content (AvgIpc) is 2.66. The van der Waals surface area contributed by atoms with E-state index in [1.165, 1.54) is 12.1 Å². The van der Waals surface area contributed by atoms with Gasteiger partial charge in [0.25, 0.3) is 0 Å². The fraction of sp³-hybridized carbons (Fsp3) is 0.0500. The summed E-state index contributed by atoms with van der Waals surface area (Å²) in [6, 6.07) is 18.3. The summed E-state index contributed by atoms with van der Waals surface area (Å²) in [6.45, 7) is 0. The number of methoxy groups -OCH3 is 1. The maximum absolute atomic E-state index is 13.0. The Balaban J connectivity index is 1.74. The van der Waals surface area contributed by atoms with Crippen LogP contribution < -0.4 is 20.1 Å². The summed E-state index contributed by atoms with van der Waals surface area (Å²) in [7, 11) is 1.60. The number of anilines is 2. The molecule has 0 saturated carbocycles. The molecule has 7 heteroatoms. The van der Waals surface area contributed by atoms with E-state index in [2.05, 4.69) is 10.6 Å². The summed E-state index contributed by atoms with van der Waals surface area (Å²) in [5.74, 6) is 1.61. The van der Waals surface area contributed by atoms with E-state index in [0.717, 1.165) is 5.75 Å². The summed E-state index contributed by atoms with van der Waals surface area (Å²) in [5, 5.41) is 6.89. The van der Waals surface area contributed by atoms with Gasteiger partial charge in [-0.3, -0.25) is 0 Å². The second-order valence-corrected chi connectivity index (χ2v) is 6.35. The lowest BCUT2D eigenvalue weighted by atomic mass is 10.2. The minimum atomic E-state index is -0.315. The van der Waals surface area contributed by atoms with Crippen molar-refractivity contribution < 1.29 is 13.9 Å². The van der Waals surface area contributed by atoms with Crippen molar-refractivity contribution in [2.24, 2.45) is 0 Å². The number of hydrogen-bond acceptors (Lipinski definition) is 3. The summed E-state index contributed by atoms with van der Waals surface area (Å²) in [5.41, 5.74) is 1.26. The third-order valence-corrected chi connectivity index (χ3v) is 4.02. The number of thiocarbonyl (C=S) groups is 1. The van der Waals surface area contributed by atoms with Crippen LogP contribution in [0, 0.1) is 5.82 Å². The number of nitrogens with one attached hydrogen (secondary N) is 2. The Hall–Kier alpha value is -2.83. The van der Waals surface area contributed by atoms with Gasteiger partial charge in [0, 0.05) is 10.7 Å². The molecule has 0 saturated heterocycles. The predicted molar refractivity (Wildman–Crippen MR) is 111 cm³/mol. The van der Waals surface area contributed by atoms with Crippen LogP contribution in [-0.4, -0.2) is 12.2 Å². The Kier molecular flexibility index (Phi) is 6.11. The number of halogens is 2. The first-order valence-corrected chi connectivity index (χ1v) is 8.77. The molecule has 3 aromatic carbocycles. The van der Waals surface area contributed by atoms with Crippen LogP contribution in [0.1, 0.15) is 0 Å². The molecule has 0 atom stereocenters. The molecule has 3 rings (SSSR count). The number of rotatable bonds is 5. The Morgan fingerprint density at radius 1 is 0.926 bits per heavy atom. The lowest BCUT2D eigenvalue weighted by Gasteiger charge is -2.15. The van der Waals surface area contributed by atoms with Gasteiger partial charge >= 0.3 is 0 Å². The van der Waals surface area contributed by atoms with E-state index in [0.29, 0.717) is 33.0 Å². The molecule has 0 fully saturated rings. The van der Waals surface area contributed by atoms with Gasteiger partial charge in [-0.2, -0.15) is 0 Å². The summed E-state index contributed by atoms with van der Waals surface area (Å²) in [6.07, 6.45) is 0. The van der Waals surface area contributed by atoms with Crippen LogP contribution in [0.3, 0.4) is 0 Å². The second-order valence-electron chi connectivity index (χ2n) is 5.50. The monoisotopic (exact) mass is 402 g/mol. The average molecular weight is 403 g/mol. The van der Waals surface area contributed by atoms with Gasteiger partial charge in [0.05, 0.1) is 12.8 Å². The van der Waals surface area contributed by atoms with E-state index < -0.39 is 0 Å². The van der Waals surface area contributed by atoms with E-state index in [1.54, 1.807) is 61.7 Å². The smallest absolute Gasteiger partial charge is 0.175 e.